The van der Waals surface area contributed by atoms with E-state index in [1.165, 1.54) is 0 Å². The van der Waals surface area contributed by atoms with Crippen molar-refractivity contribution in [1.29, 1.82) is 26.3 Å². The molecule has 7 aromatic carbocycles. The molecule has 0 saturated heterocycles. The second kappa shape index (κ2) is 14.0. The number of hydrogen-bond acceptors (Lipinski definition) is 6. The SMILES string of the molecule is N#Cc1cc(C#N)cc(-c2ccc3c(c2)c2ccccc2n3-c2cncc(-n3c4ccccc4c4cc(-c5cc(C#N)cc(C#N)c5)ccc43)c2-c2cccc(C#N)c2)c1. The predicted octanol–water partition coefficient (Wildman–Crippen LogP) is 11.6. The lowest BCUT2D eigenvalue weighted by atomic mass is 9.98. The van der Waals surface area contributed by atoms with Crippen molar-refractivity contribution < 1.29 is 0 Å². The third kappa shape index (κ3) is 5.61. The van der Waals surface area contributed by atoms with Crippen LogP contribution >= 0.6 is 0 Å². The molecule has 0 fully saturated rings. The number of rotatable bonds is 5. The quantitative estimate of drug-likeness (QED) is 0.171. The number of nitrogens with zero attached hydrogens (tertiary/aromatic N) is 8. The molecular weight excluding hydrogens is 737 g/mol. The molecule has 10 rings (SSSR count). The van der Waals surface area contributed by atoms with Gasteiger partial charge >= 0.3 is 0 Å². The summed E-state index contributed by atoms with van der Waals surface area (Å²) in [5, 5.41) is 53.0. The van der Waals surface area contributed by atoms with Crippen LogP contribution in [0.2, 0.25) is 0 Å². The fourth-order valence-corrected chi connectivity index (χ4v) is 8.49. The van der Waals surface area contributed by atoms with E-state index in [4.69, 9.17) is 4.98 Å². The van der Waals surface area contributed by atoms with Crippen LogP contribution in [0.4, 0.5) is 0 Å². The van der Waals surface area contributed by atoms with Gasteiger partial charge in [-0.3, -0.25) is 4.98 Å². The molecule has 10 aromatic rings. The highest BCUT2D eigenvalue weighted by Gasteiger charge is 2.23. The second-order valence-electron chi connectivity index (χ2n) is 14.5. The van der Waals surface area contributed by atoms with Crippen LogP contribution in [0, 0.1) is 56.7 Å². The van der Waals surface area contributed by atoms with Crippen molar-refractivity contribution in [2.24, 2.45) is 0 Å². The standard InChI is InChI=1S/C52H26N8/c53-25-32-6-5-7-39(18-32)52-50(59-46-10-3-1-8-42(46)44-23-37(12-14-48(44)59)40-19-33(26-54)16-34(20-40)27-55)30-58-31-51(52)60-47-11-4-2-9-43(47)45-24-38(13-15-49(45)60)41-21-35(28-56)17-36(22-41)29-57/h1-24,30-31H. The van der Waals surface area contributed by atoms with Crippen LogP contribution in [-0.2, 0) is 0 Å². The molecule has 0 radical (unpaired) electrons. The van der Waals surface area contributed by atoms with E-state index in [0.717, 1.165) is 88.4 Å². The minimum absolute atomic E-state index is 0.418. The molecule has 0 atom stereocenters. The van der Waals surface area contributed by atoms with Gasteiger partial charge in [-0.05, 0) is 113 Å². The summed E-state index contributed by atoms with van der Waals surface area (Å²) < 4.78 is 4.43. The summed E-state index contributed by atoms with van der Waals surface area (Å²) in [5.41, 5.74) is 12.6. The van der Waals surface area contributed by atoms with E-state index in [9.17, 15) is 26.3 Å². The number of nitriles is 5. The van der Waals surface area contributed by atoms with Gasteiger partial charge in [-0.2, -0.15) is 26.3 Å². The van der Waals surface area contributed by atoms with Crippen LogP contribution in [0.15, 0.2) is 158 Å². The van der Waals surface area contributed by atoms with Crippen LogP contribution in [0.25, 0.3) is 88.4 Å². The molecule has 8 heteroatoms. The minimum atomic E-state index is 0.418. The lowest BCUT2D eigenvalue weighted by Gasteiger charge is -2.19. The first kappa shape index (κ1) is 35.2. The highest BCUT2D eigenvalue weighted by atomic mass is 15.0. The topological polar surface area (TPSA) is 142 Å². The summed E-state index contributed by atoms with van der Waals surface area (Å²) in [6.07, 6.45) is 3.74. The van der Waals surface area contributed by atoms with Gasteiger partial charge < -0.3 is 9.13 Å². The summed E-state index contributed by atoms with van der Waals surface area (Å²) in [6, 6.07) is 57.9. The van der Waals surface area contributed by atoms with Gasteiger partial charge in [0.25, 0.3) is 0 Å². The number of pyridine rings is 1. The molecule has 0 spiro atoms. The van der Waals surface area contributed by atoms with Crippen LogP contribution in [0.3, 0.4) is 0 Å². The molecule has 0 aliphatic heterocycles. The number of aromatic nitrogens is 3. The third-order valence-electron chi connectivity index (χ3n) is 11.1. The summed E-state index contributed by atoms with van der Waals surface area (Å²) in [4.78, 5) is 4.93. The number of benzene rings is 7. The Morgan fingerprint density at radius 1 is 0.333 bits per heavy atom. The molecule has 274 valence electrons. The van der Waals surface area contributed by atoms with Crippen molar-refractivity contribution in [2.75, 3.05) is 0 Å². The second-order valence-corrected chi connectivity index (χ2v) is 14.5. The zero-order valence-electron chi connectivity index (χ0n) is 31.6. The van der Waals surface area contributed by atoms with E-state index < -0.39 is 0 Å². The summed E-state index contributed by atoms with van der Waals surface area (Å²) in [6.45, 7) is 0. The Morgan fingerprint density at radius 2 is 0.750 bits per heavy atom. The first-order chi connectivity index (χ1) is 29.5. The first-order valence-corrected chi connectivity index (χ1v) is 19.0. The maximum Gasteiger partial charge on any atom is 0.0992 e. The van der Waals surface area contributed by atoms with E-state index >= 15 is 0 Å². The molecular formula is C52H26N8. The Labute approximate surface area is 343 Å². The minimum Gasteiger partial charge on any atom is -0.307 e. The Kier molecular flexibility index (Phi) is 8.23. The molecule has 0 aliphatic carbocycles. The van der Waals surface area contributed by atoms with E-state index in [0.29, 0.717) is 27.8 Å². The number of para-hydroxylation sites is 2. The zero-order chi connectivity index (χ0) is 40.9. The molecule has 3 heterocycles. The lowest BCUT2D eigenvalue weighted by molar-refractivity contribution is 1.09. The largest absolute Gasteiger partial charge is 0.307 e. The number of hydrogen-bond donors (Lipinski definition) is 0. The van der Waals surface area contributed by atoms with Gasteiger partial charge in [-0.15, -0.1) is 0 Å². The molecule has 8 nitrogen and oxygen atoms in total. The van der Waals surface area contributed by atoms with Gasteiger partial charge in [0.05, 0.1) is 104 Å². The van der Waals surface area contributed by atoms with E-state index in [1.807, 2.05) is 67.0 Å². The fraction of sp³-hybridized carbons (Fsp3) is 0. The highest BCUT2D eigenvalue weighted by molar-refractivity contribution is 6.13. The van der Waals surface area contributed by atoms with Gasteiger partial charge in [-0.1, -0.05) is 60.7 Å². The molecule has 0 unspecified atom stereocenters. The Bertz CT molecular complexity index is 3400. The van der Waals surface area contributed by atoms with Crippen molar-refractivity contribution in [3.8, 4) is 75.1 Å². The lowest BCUT2D eigenvalue weighted by Crippen LogP contribution is -2.05. The van der Waals surface area contributed by atoms with E-state index in [-0.39, 0.29) is 0 Å². The molecule has 0 amide bonds. The van der Waals surface area contributed by atoms with Crippen molar-refractivity contribution in [2.45, 2.75) is 0 Å². The summed E-state index contributed by atoms with van der Waals surface area (Å²) in [5.74, 6) is 0. The molecule has 0 aliphatic rings. The third-order valence-corrected chi connectivity index (χ3v) is 11.1. The van der Waals surface area contributed by atoms with Gasteiger partial charge in [-0.25, -0.2) is 0 Å². The van der Waals surface area contributed by atoms with Crippen LogP contribution < -0.4 is 0 Å². The van der Waals surface area contributed by atoms with Crippen molar-refractivity contribution in [3.05, 3.63) is 186 Å². The maximum atomic E-state index is 10.1. The molecule has 0 N–H and O–H groups in total. The summed E-state index contributed by atoms with van der Waals surface area (Å²) >= 11 is 0. The predicted molar refractivity (Wildman–Crippen MR) is 233 cm³/mol. The Hall–Kier alpha value is -9.26. The van der Waals surface area contributed by atoms with Crippen LogP contribution in [0.1, 0.15) is 27.8 Å². The monoisotopic (exact) mass is 762 g/mol. The van der Waals surface area contributed by atoms with Crippen molar-refractivity contribution in [3.63, 3.8) is 0 Å². The van der Waals surface area contributed by atoms with E-state index in [1.54, 1.807) is 42.5 Å². The fourth-order valence-electron chi connectivity index (χ4n) is 8.49. The van der Waals surface area contributed by atoms with Crippen LogP contribution in [-0.4, -0.2) is 14.1 Å². The molecule has 60 heavy (non-hydrogen) atoms. The molecule has 0 bridgehead atoms. The van der Waals surface area contributed by atoms with Crippen molar-refractivity contribution >= 4 is 43.6 Å². The van der Waals surface area contributed by atoms with Gasteiger partial charge in [0.1, 0.15) is 0 Å². The average Bonchev–Trinajstić information content (AvgIpc) is 3.82. The van der Waals surface area contributed by atoms with Gasteiger partial charge in [0.15, 0.2) is 0 Å². The maximum absolute atomic E-state index is 10.1. The average molecular weight is 763 g/mol. The van der Waals surface area contributed by atoms with Gasteiger partial charge in [0.2, 0.25) is 0 Å². The van der Waals surface area contributed by atoms with Crippen molar-refractivity contribution in [1.82, 2.24) is 14.1 Å². The smallest absolute Gasteiger partial charge is 0.0992 e. The zero-order valence-corrected chi connectivity index (χ0v) is 31.6. The Balaban J connectivity index is 1.26. The normalized spacial score (nSPS) is 10.9. The van der Waals surface area contributed by atoms with Crippen LogP contribution in [0.5, 0.6) is 0 Å². The Morgan fingerprint density at radius 3 is 1.20 bits per heavy atom. The summed E-state index contributed by atoms with van der Waals surface area (Å²) in [7, 11) is 0. The van der Waals surface area contributed by atoms with E-state index in [2.05, 4.69) is 88.0 Å². The molecule has 3 aromatic heterocycles. The molecule has 0 saturated carbocycles. The highest BCUT2D eigenvalue weighted by Crippen LogP contribution is 2.43. The number of fused-ring (bicyclic) bond motifs is 6. The first-order valence-electron chi connectivity index (χ1n) is 19.0. The van der Waals surface area contributed by atoms with Gasteiger partial charge in [0, 0.05) is 27.1 Å².